The van der Waals surface area contributed by atoms with Crippen molar-refractivity contribution in [3.63, 3.8) is 0 Å². The molecule has 1 unspecified atom stereocenters. The van der Waals surface area contributed by atoms with Crippen LogP contribution in [0.5, 0.6) is 0 Å². The Hall–Kier alpha value is -0.240. The standard InChI is InChI=1S/2C7H14O3/c1-5-3-7(4-8)10-6(2)9-5;1-5-3-6(2)10-7(4-8)9-5/h2*5-8H,3-4H2,1-2H3/t5-,6+,7-;5-,6+,7?/m1./s1. The van der Waals surface area contributed by atoms with Gasteiger partial charge in [0.1, 0.15) is 0 Å². The van der Waals surface area contributed by atoms with Crippen LogP contribution in [0.25, 0.3) is 0 Å². The van der Waals surface area contributed by atoms with Crippen molar-refractivity contribution < 1.29 is 29.2 Å². The molecular weight excluding hydrogens is 264 g/mol. The molecule has 2 N–H and O–H groups in total. The molecule has 20 heavy (non-hydrogen) atoms. The highest BCUT2D eigenvalue weighted by molar-refractivity contribution is 4.66. The summed E-state index contributed by atoms with van der Waals surface area (Å²) in [5, 5.41) is 17.4. The van der Waals surface area contributed by atoms with Crippen molar-refractivity contribution in [1.82, 2.24) is 0 Å². The van der Waals surface area contributed by atoms with Crippen LogP contribution in [0.15, 0.2) is 0 Å². The van der Waals surface area contributed by atoms with Crippen LogP contribution in [0.2, 0.25) is 0 Å². The van der Waals surface area contributed by atoms with Crippen molar-refractivity contribution >= 4 is 0 Å². The van der Waals surface area contributed by atoms with Gasteiger partial charge in [0.25, 0.3) is 0 Å². The molecule has 0 aromatic carbocycles. The van der Waals surface area contributed by atoms with Gasteiger partial charge >= 0.3 is 0 Å². The molecule has 0 aromatic rings. The topological polar surface area (TPSA) is 77.4 Å². The molecule has 2 saturated heterocycles. The lowest BCUT2D eigenvalue weighted by Gasteiger charge is -2.31. The number of ether oxygens (including phenoxy) is 4. The first-order chi connectivity index (χ1) is 9.44. The van der Waals surface area contributed by atoms with E-state index in [0.29, 0.717) is 0 Å². The van der Waals surface area contributed by atoms with Gasteiger partial charge in [0.15, 0.2) is 12.6 Å². The van der Waals surface area contributed by atoms with Crippen LogP contribution in [0.1, 0.15) is 40.5 Å². The van der Waals surface area contributed by atoms with E-state index in [0.717, 1.165) is 12.8 Å². The molecule has 2 aliphatic rings. The van der Waals surface area contributed by atoms with Crippen LogP contribution in [-0.2, 0) is 18.9 Å². The maximum Gasteiger partial charge on any atom is 0.181 e. The summed E-state index contributed by atoms with van der Waals surface area (Å²) in [6, 6.07) is 0. The van der Waals surface area contributed by atoms with Gasteiger partial charge in [0.05, 0.1) is 37.6 Å². The van der Waals surface area contributed by atoms with Crippen molar-refractivity contribution in [2.45, 2.75) is 77.5 Å². The lowest BCUT2D eigenvalue weighted by atomic mass is 10.1. The van der Waals surface area contributed by atoms with E-state index in [1.807, 2.05) is 27.7 Å². The summed E-state index contributed by atoms with van der Waals surface area (Å²) in [6.45, 7) is 7.86. The second-order valence-corrected chi connectivity index (χ2v) is 5.43. The molecule has 0 radical (unpaired) electrons. The Balaban J connectivity index is 0.000000200. The fourth-order valence-electron chi connectivity index (χ4n) is 2.44. The van der Waals surface area contributed by atoms with E-state index < -0.39 is 6.29 Å². The van der Waals surface area contributed by atoms with E-state index in [1.54, 1.807) is 0 Å². The van der Waals surface area contributed by atoms with Crippen LogP contribution in [0.4, 0.5) is 0 Å². The average Bonchev–Trinajstić information content (AvgIpc) is 2.37. The minimum absolute atomic E-state index is 0.0289. The van der Waals surface area contributed by atoms with Crippen LogP contribution < -0.4 is 0 Å². The maximum atomic E-state index is 8.75. The Labute approximate surface area is 121 Å². The highest BCUT2D eigenvalue weighted by atomic mass is 16.7. The molecule has 6 nitrogen and oxygen atoms in total. The second-order valence-electron chi connectivity index (χ2n) is 5.43. The van der Waals surface area contributed by atoms with Crippen molar-refractivity contribution in [2.75, 3.05) is 13.2 Å². The molecule has 2 heterocycles. The van der Waals surface area contributed by atoms with Crippen molar-refractivity contribution in [1.29, 1.82) is 0 Å². The smallest absolute Gasteiger partial charge is 0.181 e. The largest absolute Gasteiger partial charge is 0.394 e. The number of aliphatic hydroxyl groups is 2. The normalized spacial score (nSPS) is 41.7. The molecule has 0 amide bonds. The van der Waals surface area contributed by atoms with E-state index >= 15 is 0 Å². The molecule has 2 rings (SSSR count). The van der Waals surface area contributed by atoms with Gasteiger partial charge in [-0.05, 0) is 34.1 Å². The average molecular weight is 292 g/mol. The molecule has 0 aliphatic carbocycles. The van der Waals surface area contributed by atoms with Gasteiger partial charge in [0.2, 0.25) is 0 Å². The molecule has 0 aromatic heterocycles. The zero-order chi connectivity index (χ0) is 15.1. The Morgan fingerprint density at radius 2 is 1.30 bits per heavy atom. The molecule has 6 atom stereocenters. The summed E-state index contributed by atoms with van der Waals surface area (Å²) in [5.41, 5.74) is 0. The van der Waals surface area contributed by atoms with Gasteiger partial charge in [-0.25, -0.2) is 0 Å². The minimum Gasteiger partial charge on any atom is -0.394 e. The van der Waals surface area contributed by atoms with Crippen LogP contribution in [-0.4, -0.2) is 60.4 Å². The lowest BCUT2D eigenvalue weighted by molar-refractivity contribution is -0.246. The maximum absolute atomic E-state index is 8.75. The second kappa shape index (κ2) is 8.92. The Kier molecular flexibility index (Phi) is 7.94. The zero-order valence-corrected chi connectivity index (χ0v) is 12.8. The number of aliphatic hydroxyl groups excluding tert-OH is 2. The minimum atomic E-state index is -0.404. The SMILES string of the molecule is C[C@@H]1C[C@H](C)OC(CO)O1.C[C@@H]1O[C@@H](CO)C[C@@H](C)O1. The third-order valence-electron chi connectivity index (χ3n) is 3.19. The summed E-state index contributed by atoms with van der Waals surface area (Å²) < 4.78 is 21.0. The van der Waals surface area contributed by atoms with Crippen LogP contribution in [0.3, 0.4) is 0 Å². The quantitative estimate of drug-likeness (QED) is 0.792. The van der Waals surface area contributed by atoms with Gasteiger partial charge in [-0.15, -0.1) is 0 Å². The van der Waals surface area contributed by atoms with E-state index in [-0.39, 0.29) is 43.9 Å². The monoisotopic (exact) mass is 292 g/mol. The molecule has 0 saturated carbocycles. The molecule has 6 heteroatoms. The van der Waals surface area contributed by atoms with Crippen LogP contribution >= 0.6 is 0 Å². The summed E-state index contributed by atoms with van der Waals surface area (Å²) in [6.07, 6.45) is 1.73. The van der Waals surface area contributed by atoms with Gasteiger partial charge in [-0.1, -0.05) is 0 Å². The first-order valence-corrected chi connectivity index (χ1v) is 7.28. The Morgan fingerprint density at radius 1 is 0.750 bits per heavy atom. The molecule has 2 aliphatic heterocycles. The summed E-state index contributed by atoms with van der Waals surface area (Å²) in [4.78, 5) is 0. The van der Waals surface area contributed by atoms with E-state index in [2.05, 4.69) is 0 Å². The van der Waals surface area contributed by atoms with E-state index in [4.69, 9.17) is 29.2 Å². The summed E-state index contributed by atoms with van der Waals surface area (Å²) in [5.74, 6) is 0. The molecule has 120 valence electrons. The summed E-state index contributed by atoms with van der Waals surface area (Å²) in [7, 11) is 0. The predicted molar refractivity (Wildman–Crippen MR) is 73.2 cm³/mol. The molecule has 0 spiro atoms. The highest BCUT2D eigenvalue weighted by Gasteiger charge is 2.24. The molecule has 2 fully saturated rings. The van der Waals surface area contributed by atoms with E-state index in [1.165, 1.54) is 0 Å². The number of hydrogen-bond donors (Lipinski definition) is 2. The van der Waals surface area contributed by atoms with Gasteiger partial charge < -0.3 is 29.2 Å². The Bertz CT molecular complexity index is 216. The molecular formula is C14H28O6. The fraction of sp³-hybridized carbons (Fsp3) is 1.00. The predicted octanol–water partition coefficient (Wildman–Crippen LogP) is 1.04. The highest BCUT2D eigenvalue weighted by Crippen LogP contribution is 2.17. The van der Waals surface area contributed by atoms with Crippen molar-refractivity contribution in [2.24, 2.45) is 0 Å². The van der Waals surface area contributed by atoms with Gasteiger partial charge in [-0.2, -0.15) is 0 Å². The summed E-state index contributed by atoms with van der Waals surface area (Å²) >= 11 is 0. The first kappa shape index (κ1) is 17.8. The first-order valence-electron chi connectivity index (χ1n) is 7.28. The van der Waals surface area contributed by atoms with Crippen molar-refractivity contribution in [3.8, 4) is 0 Å². The lowest BCUT2D eigenvalue weighted by Crippen LogP contribution is -2.37. The molecule has 0 bridgehead atoms. The van der Waals surface area contributed by atoms with Crippen LogP contribution in [0, 0.1) is 0 Å². The Morgan fingerprint density at radius 3 is 1.75 bits per heavy atom. The van der Waals surface area contributed by atoms with E-state index in [9.17, 15) is 0 Å². The van der Waals surface area contributed by atoms with Crippen molar-refractivity contribution in [3.05, 3.63) is 0 Å². The number of hydrogen-bond acceptors (Lipinski definition) is 6. The fourth-order valence-corrected chi connectivity index (χ4v) is 2.44. The van der Waals surface area contributed by atoms with Gasteiger partial charge in [-0.3, -0.25) is 0 Å². The third kappa shape index (κ3) is 6.47. The third-order valence-corrected chi connectivity index (χ3v) is 3.19. The zero-order valence-electron chi connectivity index (χ0n) is 12.8. The number of rotatable bonds is 2. The van der Waals surface area contributed by atoms with Gasteiger partial charge in [0, 0.05) is 6.42 Å².